The molecule has 0 amide bonds. The summed E-state index contributed by atoms with van der Waals surface area (Å²) in [5.41, 5.74) is 8.07. The van der Waals surface area contributed by atoms with Gasteiger partial charge in [-0.1, -0.05) is 29.8 Å². The summed E-state index contributed by atoms with van der Waals surface area (Å²) < 4.78 is 26.4. The van der Waals surface area contributed by atoms with Crippen LogP contribution in [0, 0.1) is 6.92 Å². The summed E-state index contributed by atoms with van der Waals surface area (Å²) in [5.74, 6) is 0. The molecule has 0 fully saturated rings. The number of hydrogen-bond acceptors (Lipinski definition) is 3. The summed E-state index contributed by atoms with van der Waals surface area (Å²) in [6.07, 6.45) is 0. The first kappa shape index (κ1) is 14.6. The molecule has 4 nitrogen and oxygen atoms in total. The average molecular weight is 290 g/mol. The van der Waals surface area contributed by atoms with E-state index in [-0.39, 0.29) is 4.90 Å². The van der Waals surface area contributed by atoms with Gasteiger partial charge in [0.15, 0.2) is 0 Å². The molecule has 5 heteroatoms. The highest BCUT2D eigenvalue weighted by Gasteiger charge is 2.21. The summed E-state index contributed by atoms with van der Waals surface area (Å²) in [6, 6.07) is 14.1. The second kappa shape index (κ2) is 5.64. The normalized spacial score (nSPS) is 11.3. The number of hydrogen-bond donors (Lipinski definition) is 1. The molecule has 0 aliphatic heterocycles. The average Bonchev–Trinajstić information content (AvgIpc) is 2.47. The lowest BCUT2D eigenvalue weighted by Crippen LogP contribution is -2.26. The van der Waals surface area contributed by atoms with Crippen LogP contribution in [0.15, 0.2) is 53.4 Å². The Balaban J connectivity index is 2.40. The van der Waals surface area contributed by atoms with Gasteiger partial charge in [-0.2, -0.15) is 0 Å². The quantitative estimate of drug-likeness (QED) is 0.939. The van der Waals surface area contributed by atoms with E-state index in [1.165, 1.54) is 4.31 Å². The molecule has 2 N–H and O–H groups in total. The van der Waals surface area contributed by atoms with Gasteiger partial charge in [0, 0.05) is 13.6 Å². The van der Waals surface area contributed by atoms with Crippen molar-refractivity contribution in [3.8, 4) is 0 Å². The van der Waals surface area contributed by atoms with Crippen LogP contribution >= 0.6 is 0 Å². The number of anilines is 1. The molecule has 0 spiro atoms. The van der Waals surface area contributed by atoms with E-state index in [2.05, 4.69) is 0 Å². The maximum Gasteiger partial charge on any atom is 0.264 e. The maximum atomic E-state index is 12.6. The van der Waals surface area contributed by atoms with Gasteiger partial charge in [0.25, 0.3) is 10.0 Å². The Labute approximate surface area is 119 Å². The largest absolute Gasteiger partial charge is 0.326 e. The Kier molecular flexibility index (Phi) is 4.11. The first-order valence-corrected chi connectivity index (χ1v) is 7.74. The summed E-state index contributed by atoms with van der Waals surface area (Å²) in [5, 5.41) is 0. The zero-order valence-electron chi connectivity index (χ0n) is 11.6. The van der Waals surface area contributed by atoms with Gasteiger partial charge >= 0.3 is 0 Å². The van der Waals surface area contributed by atoms with E-state index >= 15 is 0 Å². The molecule has 0 bridgehead atoms. The highest BCUT2D eigenvalue weighted by atomic mass is 32.2. The molecule has 2 aromatic rings. The van der Waals surface area contributed by atoms with Gasteiger partial charge in [0.1, 0.15) is 0 Å². The smallest absolute Gasteiger partial charge is 0.264 e. The molecule has 0 aliphatic rings. The zero-order chi connectivity index (χ0) is 14.8. The van der Waals surface area contributed by atoms with Crippen LogP contribution in [0.5, 0.6) is 0 Å². The molecule has 0 radical (unpaired) electrons. The van der Waals surface area contributed by atoms with Crippen LogP contribution in [0.2, 0.25) is 0 Å². The van der Waals surface area contributed by atoms with Crippen LogP contribution in [-0.2, 0) is 16.6 Å². The summed E-state index contributed by atoms with van der Waals surface area (Å²) >= 11 is 0. The van der Waals surface area contributed by atoms with E-state index < -0.39 is 10.0 Å². The maximum absolute atomic E-state index is 12.6. The summed E-state index contributed by atoms with van der Waals surface area (Å²) in [7, 11) is -2.01. The van der Waals surface area contributed by atoms with Gasteiger partial charge in [-0.3, -0.25) is 4.31 Å². The topological polar surface area (TPSA) is 63.4 Å². The van der Waals surface area contributed by atoms with Crippen molar-refractivity contribution in [2.45, 2.75) is 18.4 Å². The van der Waals surface area contributed by atoms with E-state index in [0.717, 1.165) is 11.1 Å². The van der Waals surface area contributed by atoms with Gasteiger partial charge < -0.3 is 5.73 Å². The van der Waals surface area contributed by atoms with Crippen molar-refractivity contribution in [3.63, 3.8) is 0 Å². The molecule has 0 unspecified atom stereocenters. The Bertz CT molecular complexity index is 694. The van der Waals surface area contributed by atoms with Gasteiger partial charge in [0.05, 0.1) is 10.6 Å². The van der Waals surface area contributed by atoms with Crippen molar-refractivity contribution >= 4 is 15.7 Å². The van der Waals surface area contributed by atoms with Crippen molar-refractivity contribution in [1.29, 1.82) is 0 Å². The lowest BCUT2D eigenvalue weighted by molar-refractivity contribution is 0.594. The van der Waals surface area contributed by atoms with Crippen LogP contribution in [0.3, 0.4) is 0 Å². The lowest BCUT2D eigenvalue weighted by Gasteiger charge is -2.20. The standard InChI is InChI=1S/C15H18N2O2S/c1-12-6-8-14(9-7-12)17(2)20(18,19)15-5-3-4-13(10-15)11-16/h3-10H,11,16H2,1-2H3. The first-order chi connectivity index (χ1) is 9.45. The molecular formula is C15H18N2O2S. The highest BCUT2D eigenvalue weighted by Crippen LogP contribution is 2.22. The third-order valence-electron chi connectivity index (χ3n) is 3.19. The number of nitrogens with two attached hydrogens (primary N) is 1. The third-order valence-corrected chi connectivity index (χ3v) is 4.97. The fraction of sp³-hybridized carbons (Fsp3) is 0.200. The molecule has 0 atom stereocenters. The van der Waals surface area contributed by atoms with Gasteiger partial charge in [-0.15, -0.1) is 0 Å². The summed E-state index contributed by atoms with van der Waals surface area (Å²) in [4.78, 5) is 0.253. The molecule has 0 heterocycles. The Hall–Kier alpha value is -1.85. The zero-order valence-corrected chi connectivity index (χ0v) is 12.4. The van der Waals surface area contributed by atoms with Gasteiger partial charge in [0.2, 0.25) is 0 Å². The minimum atomic E-state index is -3.56. The van der Waals surface area contributed by atoms with Crippen molar-refractivity contribution < 1.29 is 8.42 Å². The Morgan fingerprint density at radius 3 is 2.35 bits per heavy atom. The minimum absolute atomic E-state index is 0.253. The lowest BCUT2D eigenvalue weighted by atomic mass is 10.2. The molecule has 0 saturated carbocycles. The Morgan fingerprint density at radius 1 is 1.10 bits per heavy atom. The second-order valence-corrected chi connectivity index (χ2v) is 6.63. The van der Waals surface area contributed by atoms with Crippen LogP contribution in [0.25, 0.3) is 0 Å². The van der Waals surface area contributed by atoms with Crippen LogP contribution in [-0.4, -0.2) is 15.5 Å². The highest BCUT2D eigenvalue weighted by molar-refractivity contribution is 7.92. The van der Waals surface area contributed by atoms with Crippen molar-refractivity contribution in [2.75, 3.05) is 11.4 Å². The molecule has 0 aromatic heterocycles. The van der Waals surface area contributed by atoms with Crippen LogP contribution in [0.1, 0.15) is 11.1 Å². The molecule has 0 aliphatic carbocycles. The van der Waals surface area contributed by atoms with Gasteiger partial charge in [-0.25, -0.2) is 8.42 Å². The molecule has 106 valence electrons. The number of benzene rings is 2. The second-order valence-electron chi connectivity index (χ2n) is 4.66. The Morgan fingerprint density at radius 2 is 1.75 bits per heavy atom. The van der Waals surface area contributed by atoms with Gasteiger partial charge in [-0.05, 0) is 36.8 Å². The number of aryl methyl sites for hydroxylation is 1. The minimum Gasteiger partial charge on any atom is -0.326 e. The molecule has 20 heavy (non-hydrogen) atoms. The predicted molar refractivity (Wildman–Crippen MR) is 81.1 cm³/mol. The fourth-order valence-electron chi connectivity index (χ4n) is 1.88. The van der Waals surface area contributed by atoms with Crippen LogP contribution < -0.4 is 10.0 Å². The van der Waals surface area contributed by atoms with E-state index in [1.807, 2.05) is 25.1 Å². The van der Waals surface area contributed by atoms with E-state index in [0.29, 0.717) is 12.2 Å². The monoisotopic (exact) mass is 290 g/mol. The molecule has 2 aromatic carbocycles. The number of nitrogens with zero attached hydrogens (tertiary/aromatic N) is 1. The SMILES string of the molecule is Cc1ccc(N(C)S(=O)(=O)c2cccc(CN)c2)cc1. The van der Waals surface area contributed by atoms with E-state index in [4.69, 9.17) is 5.73 Å². The number of rotatable bonds is 4. The van der Waals surface area contributed by atoms with Crippen molar-refractivity contribution in [3.05, 3.63) is 59.7 Å². The molecule has 0 saturated heterocycles. The fourth-order valence-corrected chi connectivity index (χ4v) is 3.15. The van der Waals surface area contributed by atoms with Crippen molar-refractivity contribution in [1.82, 2.24) is 0 Å². The number of sulfonamides is 1. The third kappa shape index (κ3) is 2.84. The first-order valence-electron chi connectivity index (χ1n) is 6.30. The predicted octanol–water partition coefficient (Wildman–Crippen LogP) is 2.28. The summed E-state index contributed by atoms with van der Waals surface area (Å²) in [6.45, 7) is 2.28. The molecular weight excluding hydrogens is 272 g/mol. The van der Waals surface area contributed by atoms with Crippen molar-refractivity contribution in [2.24, 2.45) is 5.73 Å². The van der Waals surface area contributed by atoms with Crippen LogP contribution in [0.4, 0.5) is 5.69 Å². The van der Waals surface area contributed by atoms with E-state index in [9.17, 15) is 8.42 Å². The molecule has 2 rings (SSSR count). The van der Waals surface area contributed by atoms with E-state index in [1.54, 1.807) is 37.4 Å².